The lowest BCUT2D eigenvalue weighted by molar-refractivity contribution is 0.162. The topological polar surface area (TPSA) is 3.24 Å². The van der Waals surface area contributed by atoms with E-state index in [-0.39, 0.29) is 0 Å². The first kappa shape index (κ1) is 13.6. The third-order valence-electron chi connectivity index (χ3n) is 4.34. The third-order valence-corrected chi connectivity index (χ3v) is 4.34. The van der Waals surface area contributed by atoms with Crippen molar-refractivity contribution in [3.05, 3.63) is 35.9 Å². The van der Waals surface area contributed by atoms with Gasteiger partial charge in [0, 0.05) is 6.54 Å². The summed E-state index contributed by atoms with van der Waals surface area (Å²) in [5, 5.41) is 0. The molecule has 1 heterocycles. The summed E-state index contributed by atoms with van der Waals surface area (Å²) >= 11 is 0. The second-order valence-electron chi connectivity index (χ2n) is 5.95. The van der Waals surface area contributed by atoms with Crippen molar-refractivity contribution in [2.75, 3.05) is 19.6 Å². The van der Waals surface area contributed by atoms with Crippen LogP contribution in [0.3, 0.4) is 0 Å². The predicted molar refractivity (Wildman–Crippen MR) is 78.8 cm³/mol. The molecule has 1 aromatic rings. The maximum atomic E-state index is 2.66. The Morgan fingerprint density at radius 3 is 2.44 bits per heavy atom. The highest BCUT2D eigenvalue weighted by atomic mass is 15.1. The summed E-state index contributed by atoms with van der Waals surface area (Å²) in [6.45, 7) is 8.58. The van der Waals surface area contributed by atoms with Crippen molar-refractivity contribution in [3.63, 3.8) is 0 Å². The van der Waals surface area contributed by atoms with Crippen LogP contribution in [0, 0.1) is 11.8 Å². The minimum absolute atomic E-state index is 0.857. The lowest BCUT2D eigenvalue weighted by atomic mass is 9.90. The highest BCUT2D eigenvalue weighted by Gasteiger charge is 2.20. The summed E-state index contributed by atoms with van der Waals surface area (Å²) in [4.78, 5) is 2.66. The molecule has 1 aliphatic heterocycles. The molecule has 2 rings (SSSR count). The zero-order chi connectivity index (χ0) is 12.8. The van der Waals surface area contributed by atoms with Crippen molar-refractivity contribution in [1.82, 2.24) is 4.90 Å². The van der Waals surface area contributed by atoms with Gasteiger partial charge in [0.1, 0.15) is 0 Å². The number of likely N-dealkylation sites (tertiary alicyclic amines) is 1. The van der Waals surface area contributed by atoms with Gasteiger partial charge in [0.25, 0.3) is 0 Å². The van der Waals surface area contributed by atoms with Crippen molar-refractivity contribution in [2.24, 2.45) is 11.8 Å². The summed E-state index contributed by atoms with van der Waals surface area (Å²) in [5.74, 6) is 1.76. The van der Waals surface area contributed by atoms with Crippen LogP contribution in [0.5, 0.6) is 0 Å². The normalized spacial score (nSPS) is 19.9. The van der Waals surface area contributed by atoms with E-state index in [2.05, 4.69) is 49.1 Å². The molecule has 0 amide bonds. The van der Waals surface area contributed by atoms with Gasteiger partial charge in [-0.1, -0.05) is 50.6 Å². The Balaban J connectivity index is 1.73. The van der Waals surface area contributed by atoms with E-state index in [1.807, 2.05) is 0 Å². The molecule has 0 radical (unpaired) electrons. The first-order valence-corrected chi connectivity index (χ1v) is 7.54. The first-order valence-electron chi connectivity index (χ1n) is 7.54. The summed E-state index contributed by atoms with van der Waals surface area (Å²) in [5.41, 5.74) is 1.51. The van der Waals surface area contributed by atoms with E-state index in [9.17, 15) is 0 Å². The molecule has 0 bridgehead atoms. The fraction of sp³-hybridized carbons (Fsp3) is 0.647. The van der Waals surface area contributed by atoms with Crippen LogP contribution >= 0.6 is 0 Å². The molecule has 1 aromatic carbocycles. The van der Waals surface area contributed by atoms with E-state index in [0.29, 0.717) is 0 Å². The molecule has 1 heteroatoms. The molecule has 0 spiro atoms. The zero-order valence-corrected chi connectivity index (χ0v) is 11.9. The minimum Gasteiger partial charge on any atom is -0.303 e. The molecule has 0 aromatic heterocycles. The SMILES string of the molecule is CCC(C)CN1CCC(Cc2ccccc2)CC1. The van der Waals surface area contributed by atoms with Crippen LogP contribution in [-0.4, -0.2) is 24.5 Å². The van der Waals surface area contributed by atoms with E-state index in [1.165, 1.54) is 50.9 Å². The van der Waals surface area contributed by atoms with Gasteiger partial charge in [0.15, 0.2) is 0 Å². The highest BCUT2D eigenvalue weighted by Crippen LogP contribution is 2.22. The number of rotatable bonds is 5. The van der Waals surface area contributed by atoms with Gasteiger partial charge in [-0.15, -0.1) is 0 Å². The Kier molecular flexibility index (Phi) is 5.25. The molecule has 1 saturated heterocycles. The maximum Gasteiger partial charge on any atom is 0.000692 e. The average Bonchev–Trinajstić information content (AvgIpc) is 2.42. The van der Waals surface area contributed by atoms with Gasteiger partial charge in [0.05, 0.1) is 0 Å². The van der Waals surface area contributed by atoms with E-state index in [0.717, 1.165) is 11.8 Å². The summed E-state index contributed by atoms with van der Waals surface area (Å²) < 4.78 is 0. The van der Waals surface area contributed by atoms with E-state index >= 15 is 0 Å². The highest BCUT2D eigenvalue weighted by molar-refractivity contribution is 5.15. The van der Waals surface area contributed by atoms with Crippen LogP contribution in [0.4, 0.5) is 0 Å². The molecule has 0 aliphatic carbocycles. The van der Waals surface area contributed by atoms with Crippen molar-refractivity contribution in [1.29, 1.82) is 0 Å². The Labute approximate surface area is 112 Å². The van der Waals surface area contributed by atoms with Crippen LogP contribution in [0.2, 0.25) is 0 Å². The Morgan fingerprint density at radius 2 is 1.83 bits per heavy atom. The fourth-order valence-electron chi connectivity index (χ4n) is 2.89. The molecule has 18 heavy (non-hydrogen) atoms. The third kappa shape index (κ3) is 4.13. The molecule has 1 fully saturated rings. The van der Waals surface area contributed by atoms with Gasteiger partial charge in [-0.25, -0.2) is 0 Å². The molecule has 1 atom stereocenters. The van der Waals surface area contributed by atoms with Gasteiger partial charge < -0.3 is 4.90 Å². The van der Waals surface area contributed by atoms with Gasteiger partial charge >= 0.3 is 0 Å². The standard InChI is InChI=1S/C17H27N/c1-3-15(2)14-18-11-9-17(10-12-18)13-16-7-5-4-6-8-16/h4-8,15,17H,3,9-14H2,1-2H3. The molecule has 0 N–H and O–H groups in total. The zero-order valence-electron chi connectivity index (χ0n) is 11.9. The summed E-state index contributed by atoms with van der Waals surface area (Å²) in [6, 6.07) is 11.0. The monoisotopic (exact) mass is 245 g/mol. The molecular weight excluding hydrogens is 218 g/mol. The van der Waals surface area contributed by atoms with Crippen molar-refractivity contribution in [3.8, 4) is 0 Å². The van der Waals surface area contributed by atoms with Gasteiger partial charge in [0.2, 0.25) is 0 Å². The van der Waals surface area contributed by atoms with Crippen LogP contribution in [0.1, 0.15) is 38.7 Å². The van der Waals surface area contributed by atoms with Crippen molar-refractivity contribution < 1.29 is 0 Å². The smallest absolute Gasteiger partial charge is 0.000692 e. The molecular formula is C17H27N. The minimum atomic E-state index is 0.857. The van der Waals surface area contributed by atoms with Crippen molar-refractivity contribution >= 4 is 0 Å². The number of nitrogens with zero attached hydrogens (tertiary/aromatic N) is 1. The van der Waals surface area contributed by atoms with Gasteiger partial charge in [-0.3, -0.25) is 0 Å². The Hall–Kier alpha value is -0.820. The lowest BCUT2D eigenvalue weighted by Gasteiger charge is -2.33. The molecule has 100 valence electrons. The number of piperidine rings is 1. The second kappa shape index (κ2) is 6.94. The summed E-state index contributed by atoms with van der Waals surface area (Å²) in [6.07, 6.45) is 5.35. The van der Waals surface area contributed by atoms with Crippen LogP contribution in [0.15, 0.2) is 30.3 Å². The molecule has 1 nitrogen and oxygen atoms in total. The van der Waals surface area contributed by atoms with Crippen LogP contribution in [0.25, 0.3) is 0 Å². The number of hydrogen-bond donors (Lipinski definition) is 0. The van der Waals surface area contributed by atoms with Crippen molar-refractivity contribution in [2.45, 2.75) is 39.5 Å². The molecule has 1 aliphatic rings. The largest absolute Gasteiger partial charge is 0.303 e. The lowest BCUT2D eigenvalue weighted by Crippen LogP contribution is -2.37. The van der Waals surface area contributed by atoms with Crippen LogP contribution < -0.4 is 0 Å². The number of hydrogen-bond acceptors (Lipinski definition) is 1. The molecule has 0 saturated carbocycles. The van der Waals surface area contributed by atoms with E-state index in [1.54, 1.807) is 0 Å². The number of benzene rings is 1. The average molecular weight is 245 g/mol. The van der Waals surface area contributed by atoms with E-state index in [4.69, 9.17) is 0 Å². The van der Waals surface area contributed by atoms with E-state index < -0.39 is 0 Å². The maximum absolute atomic E-state index is 2.66. The molecule has 1 unspecified atom stereocenters. The second-order valence-corrected chi connectivity index (χ2v) is 5.95. The summed E-state index contributed by atoms with van der Waals surface area (Å²) in [7, 11) is 0. The Morgan fingerprint density at radius 1 is 1.17 bits per heavy atom. The van der Waals surface area contributed by atoms with Gasteiger partial charge in [-0.05, 0) is 49.8 Å². The van der Waals surface area contributed by atoms with Crippen LogP contribution in [-0.2, 0) is 6.42 Å². The Bertz CT molecular complexity index is 325. The first-order chi connectivity index (χ1) is 8.78. The fourth-order valence-corrected chi connectivity index (χ4v) is 2.89. The predicted octanol–water partition coefficient (Wildman–Crippen LogP) is 3.99. The van der Waals surface area contributed by atoms with Gasteiger partial charge in [-0.2, -0.15) is 0 Å². The quantitative estimate of drug-likeness (QED) is 0.758.